The summed E-state index contributed by atoms with van der Waals surface area (Å²) in [6.07, 6.45) is 0. The number of thiol groups is 1. The minimum Gasteiger partial charge on any atom is -0.545 e. The second kappa shape index (κ2) is 6.85. The molecule has 0 atom stereocenters. The van der Waals surface area contributed by atoms with Crippen LogP contribution in [0.15, 0.2) is 18.2 Å². The van der Waals surface area contributed by atoms with Gasteiger partial charge in [-0.1, -0.05) is 0 Å². The average Bonchev–Trinajstić information content (AvgIpc) is 2.34. The Morgan fingerprint density at radius 3 is 2.67 bits per heavy atom. The normalized spacial score (nSPS) is 9.89. The van der Waals surface area contributed by atoms with Gasteiger partial charge < -0.3 is 19.4 Å². The van der Waals surface area contributed by atoms with Crippen LogP contribution in [0, 0.1) is 5.82 Å². The van der Waals surface area contributed by atoms with E-state index in [1.165, 1.54) is 0 Å². The van der Waals surface area contributed by atoms with Crippen LogP contribution in [-0.4, -0.2) is 30.9 Å². The summed E-state index contributed by atoms with van der Waals surface area (Å²) in [6.45, 7) is -0.175. The van der Waals surface area contributed by atoms with Crippen molar-refractivity contribution in [1.82, 2.24) is 0 Å². The van der Waals surface area contributed by atoms with Gasteiger partial charge in [-0.05, 0) is 12.1 Å². The van der Waals surface area contributed by atoms with Crippen LogP contribution in [0.3, 0.4) is 0 Å². The lowest BCUT2D eigenvalue weighted by atomic mass is 10.2. The summed E-state index contributed by atoms with van der Waals surface area (Å²) in [5.41, 5.74) is -0.267. The van der Waals surface area contributed by atoms with Crippen molar-refractivity contribution in [2.75, 3.05) is 19.0 Å². The Kier molecular flexibility index (Phi) is 5.44. The zero-order valence-electron chi connectivity index (χ0n) is 9.22. The number of carbonyl (C=O) groups is 2. The van der Waals surface area contributed by atoms with Gasteiger partial charge in [0.05, 0.1) is 11.7 Å². The quantitative estimate of drug-likeness (QED) is 0.450. The lowest BCUT2D eigenvalue weighted by Crippen LogP contribution is -2.23. The number of hydrogen-bond acceptors (Lipinski definition) is 6. The SMILES string of the molecule is O=C(CS)OCCOc1cc(F)ccc1C(=O)[O-]. The van der Waals surface area contributed by atoms with Gasteiger partial charge in [0.1, 0.15) is 24.8 Å². The summed E-state index contributed by atoms with van der Waals surface area (Å²) in [5.74, 6) is -2.87. The predicted octanol–water partition coefficient (Wildman–Crippen LogP) is 0.0410. The molecule has 0 aliphatic carbocycles. The van der Waals surface area contributed by atoms with Gasteiger partial charge in [-0.25, -0.2) is 4.39 Å². The maximum Gasteiger partial charge on any atom is 0.315 e. The third-order valence-electron chi connectivity index (χ3n) is 1.90. The third-order valence-corrected chi connectivity index (χ3v) is 2.15. The van der Waals surface area contributed by atoms with E-state index >= 15 is 0 Å². The highest BCUT2D eigenvalue weighted by molar-refractivity contribution is 7.81. The highest BCUT2D eigenvalue weighted by atomic mass is 32.1. The molecule has 0 amide bonds. The van der Waals surface area contributed by atoms with Crippen molar-refractivity contribution in [3.8, 4) is 5.75 Å². The van der Waals surface area contributed by atoms with E-state index in [0.717, 1.165) is 18.2 Å². The molecule has 18 heavy (non-hydrogen) atoms. The number of carboxylic acids is 1. The number of halogens is 1. The van der Waals surface area contributed by atoms with Gasteiger partial charge in [0.15, 0.2) is 0 Å². The van der Waals surface area contributed by atoms with Gasteiger partial charge in [0.2, 0.25) is 0 Å². The van der Waals surface area contributed by atoms with Gasteiger partial charge in [0, 0.05) is 11.6 Å². The molecule has 0 heterocycles. The first-order valence-electron chi connectivity index (χ1n) is 4.94. The first kappa shape index (κ1) is 14.3. The zero-order valence-corrected chi connectivity index (χ0v) is 10.1. The molecule has 0 saturated carbocycles. The van der Waals surface area contributed by atoms with Crippen molar-refractivity contribution in [2.45, 2.75) is 0 Å². The molecule has 0 aromatic heterocycles. The number of carboxylic acid groups (broad SMARTS) is 1. The lowest BCUT2D eigenvalue weighted by Gasteiger charge is -2.12. The maximum atomic E-state index is 12.9. The smallest absolute Gasteiger partial charge is 0.315 e. The van der Waals surface area contributed by atoms with Crippen molar-refractivity contribution in [3.63, 3.8) is 0 Å². The first-order chi connectivity index (χ1) is 8.54. The molecular formula is C11H10FO5S-. The second-order valence-corrected chi connectivity index (χ2v) is 3.47. The topological polar surface area (TPSA) is 75.7 Å². The summed E-state index contributed by atoms with van der Waals surface area (Å²) in [5, 5.41) is 10.7. The van der Waals surface area contributed by atoms with Crippen molar-refractivity contribution >= 4 is 24.6 Å². The highest BCUT2D eigenvalue weighted by Crippen LogP contribution is 2.19. The first-order valence-corrected chi connectivity index (χ1v) is 5.58. The molecule has 0 spiro atoms. The third kappa shape index (κ3) is 4.25. The van der Waals surface area contributed by atoms with Gasteiger partial charge in [-0.3, -0.25) is 4.79 Å². The summed E-state index contributed by atoms with van der Waals surface area (Å²) in [6, 6.07) is 2.95. The van der Waals surface area contributed by atoms with Crippen molar-refractivity contribution in [3.05, 3.63) is 29.6 Å². The molecular weight excluding hydrogens is 263 g/mol. The second-order valence-electron chi connectivity index (χ2n) is 3.15. The molecule has 98 valence electrons. The predicted molar refractivity (Wildman–Crippen MR) is 61.0 cm³/mol. The lowest BCUT2D eigenvalue weighted by molar-refractivity contribution is -0.255. The van der Waals surface area contributed by atoms with Gasteiger partial charge in [-0.15, -0.1) is 0 Å². The van der Waals surface area contributed by atoms with Crippen LogP contribution in [0.1, 0.15) is 10.4 Å². The maximum absolute atomic E-state index is 12.9. The Labute approximate surface area is 108 Å². The molecule has 5 nitrogen and oxygen atoms in total. The molecule has 0 fully saturated rings. The molecule has 1 aromatic carbocycles. The Bertz CT molecular complexity index is 449. The van der Waals surface area contributed by atoms with E-state index in [9.17, 15) is 19.1 Å². The number of ether oxygens (including phenoxy) is 2. The van der Waals surface area contributed by atoms with Crippen LogP contribution in [-0.2, 0) is 9.53 Å². The van der Waals surface area contributed by atoms with E-state index in [1.807, 2.05) is 0 Å². The summed E-state index contributed by atoms with van der Waals surface area (Å²) in [4.78, 5) is 21.4. The largest absolute Gasteiger partial charge is 0.545 e. The van der Waals surface area contributed by atoms with Gasteiger partial charge in [0.25, 0.3) is 0 Å². The molecule has 1 rings (SSSR count). The number of benzene rings is 1. The Hall–Kier alpha value is -1.76. The molecule has 0 aliphatic heterocycles. The Balaban J connectivity index is 2.58. The average molecular weight is 273 g/mol. The summed E-state index contributed by atoms with van der Waals surface area (Å²) in [7, 11) is 0. The van der Waals surface area contributed by atoms with E-state index in [0.29, 0.717) is 0 Å². The van der Waals surface area contributed by atoms with Crippen LogP contribution in [0.5, 0.6) is 5.75 Å². The summed E-state index contributed by atoms with van der Waals surface area (Å²) >= 11 is 3.69. The molecule has 0 saturated heterocycles. The molecule has 0 unspecified atom stereocenters. The van der Waals surface area contributed by atoms with E-state index in [2.05, 4.69) is 17.4 Å². The summed E-state index contributed by atoms with van der Waals surface area (Å²) < 4.78 is 22.6. The van der Waals surface area contributed by atoms with Crippen LogP contribution in [0.4, 0.5) is 4.39 Å². The van der Waals surface area contributed by atoms with E-state index in [4.69, 9.17) is 4.74 Å². The minimum atomic E-state index is -1.47. The highest BCUT2D eigenvalue weighted by Gasteiger charge is 2.07. The molecule has 0 bridgehead atoms. The standard InChI is InChI=1S/C11H11FO5S/c12-7-1-2-8(11(14)15)9(5-7)16-3-4-17-10(13)6-18/h1-2,5,18H,3-4,6H2,(H,14,15)/p-1. The van der Waals surface area contributed by atoms with Crippen molar-refractivity contribution < 1.29 is 28.6 Å². The van der Waals surface area contributed by atoms with E-state index in [1.54, 1.807) is 0 Å². The Morgan fingerprint density at radius 2 is 2.06 bits per heavy atom. The molecule has 0 aliphatic rings. The van der Waals surface area contributed by atoms with Crippen LogP contribution in [0.2, 0.25) is 0 Å². The number of hydrogen-bond donors (Lipinski definition) is 1. The molecule has 0 N–H and O–H groups in total. The van der Waals surface area contributed by atoms with Crippen LogP contribution >= 0.6 is 12.6 Å². The number of rotatable bonds is 6. The van der Waals surface area contributed by atoms with E-state index < -0.39 is 17.8 Å². The number of aromatic carboxylic acids is 1. The van der Waals surface area contributed by atoms with E-state index in [-0.39, 0.29) is 30.3 Å². The van der Waals surface area contributed by atoms with Gasteiger partial charge in [-0.2, -0.15) is 12.6 Å². The van der Waals surface area contributed by atoms with Crippen LogP contribution in [0.25, 0.3) is 0 Å². The zero-order chi connectivity index (χ0) is 13.5. The monoisotopic (exact) mass is 273 g/mol. The van der Waals surface area contributed by atoms with Crippen molar-refractivity contribution in [1.29, 1.82) is 0 Å². The molecule has 0 radical (unpaired) electrons. The fraction of sp³-hybridized carbons (Fsp3) is 0.273. The molecule has 1 aromatic rings. The fourth-order valence-corrected chi connectivity index (χ4v) is 1.23. The number of carbonyl (C=O) groups excluding carboxylic acids is 2. The molecule has 7 heteroatoms. The van der Waals surface area contributed by atoms with Gasteiger partial charge >= 0.3 is 5.97 Å². The van der Waals surface area contributed by atoms with Crippen molar-refractivity contribution in [2.24, 2.45) is 0 Å². The fourth-order valence-electron chi connectivity index (χ4n) is 1.14. The number of esters is 1. The Morgan fingerprint density at radius 1 is 1.33 bits per heavy atom. The van der Waals surface area contributed by atoms with Crippen LogP contribution < -0.4 is 9.84 Å². The minimum absolute atomic E-state index is 0.0652.